The lowest BCUT2D eigenvalue weighted by Crippen LogP contribution is -2.54. The summed E-state index contributed by atoms with van der Waals surface area (Å²) in [5, 5.41) is 4.81. The predicted octanol–water partition coefficient (Wildman–Crippen LogP) is 5.67. The number of ether oxygens (including phenoxy) is 2. The maximum Gasteiger partial charge on any atom is 0.416 e. The van der Waals surface area contributed by atoms with Crippen LogP contribution in [0.25, 0.3) is 11.0 Å². The summed E-state index contributed by atoms with van der Waals surface area (Å²) in [5.74, 6) is -2.97. The zero-order chi connectivity index (χ0) is 37.4. The van der Waals surface area contributed by atoms with Gasteiger partial charge in [-0.05, 0) is 86.6 Å². The third kappa shape index (κ3) is 7.36. The minimum atomic E-state index is -4.62. The van der Waals surface area contributed by atoms with Crippen LogP contribution < -0.4 is 15.4 Å². The largest absolute Gasteiger partial charge is 0.491 e. The maximum absolute atomic E-state index is 14.1. The van der Waals surface area contributed by atoms with Crippen molar-refractivity contribution >= 4 is 46.5 Å². The highest BCUT2D eigenvalue weighted by Gasteiger charge is 2.44. The molecule has 4 aromatic rings. The molecule has 16 heteroatoms. The Morgan fingerprint density at radius 1 is 0.906 bits per heavy atom. The second kappa shape index (κ2) is 14.4. The van der Waals surface area contributed by atoms with Crippen LogP contribution >= 0.6 is 0 Å². The number of rotatable bonds is 10. The van der Waals surface area contributed by atoms with Crippen LogP contribution in [0.2, 0.25) is 0 Å². The van der Waals surface area contributed by atoms with E-state index in [0.717, 1.165) is 35.9 Å². The number of anilines is 1. The number of hydrogen-bond donors (Lipinski definition) is 2. The second-order valence-corrected chi connectivity index (χ2v) is 13.2. The van der Waals surface area contributed by atoms with Crippen LogP contribution in [0, 0.1) is 11.7 Å². The van der Waals surface area contributed by atoms with Crippen LogP contribution in [0.4, 0.5) is 23.5 Å². The van der Waals surface area contributed by atoms with Crippen LogP contribution in [-0.4, -0.2) is 69.8 Å². The summed E-state index contributed by atoms with van der Waals surface area (Å²) in [6, 6.07) is 11.5. The highest BCUT2D eigenvalue weighted by molar-refractivity contribution is 6.23. The van der Waals surface area contributed by atoms with Crippen molar-refractivity contribution in [2.75, 3.05) is 25.1 Å². The molecular weight excluding hydrogens is 702 g/mol. The average Bonchev–Trinajstić information content (AvgIpc) is 3.60. The molecule has 1 aromatic heterocycles. The van der Waals surface area contributed by atoms with E-state index in [1.807, 2.05) is 4.57 Å². The van der Waals surface area contributed by atoms with Crippen molar-refractivity contribution in [1.82, 2.24) is 19.8 Å². The Labute approximate surface area is 299 Å². The average molecular weight is 736 g/mol. The van der Waals surface area contributed by atoms with Gasteiger partial charge in [-0.3, -0.25) is 39.5 Å². The monoisotopic (exact) mass is 735 g/mol. The first kappa shape index (κ1) is 35.7. The summed E-state index contributed by atoms with van der Waals surface area (Å²) in [6.45, 7) is 0.860. The lowest BCUT2D eigenvalue weighted by molar-refractivity contribution is -0.138. The van der Waals surface area contributed by atoms with Gasteiger partial charge < -0.3 is 14.0 Å². The molecule has 0 radical (unpaired) electrons. The smallest absolute Gasteiger partial charge is 0.416 e. The molecule has 1 unspecified atom stereocenters. The quantitative estimate of drug-likeness (QED) is 0.120. The van der Waals surface area contributed by atoms with Crippen molar-refractivity contribution in [2.24, 2.45) is 5.92 Å². The third-order valence-corrected chi connectivity index (χ3v) is 9.77. The van der Waals surface area contributed by atoms with Gasteiger partial charge in [-0.25, -0.2) is 9.37 Å². The van der Waals surface area contributed by atoms with E-state index in [1.165, 1.54) is 30.3 Å². The Balaban J connectivity index is 0.918. The number of carbonyl (C=O) groups excluding carboxylic acids is 5. The Morgan fingerprint density at radius 2 is 1.68 bits per heavy atom. The third-order valence-electron chi connectivity index (χ3n) is 9.77. The molecule has 7 rings (SSSR count). The lowest BCUT2D eigenvalue weighted by atomic mass is 9.86. The predicted molar refractivity (Wildman–Crippen MR) is 180 cm³/mol. The molecule has 1 aliphatic carbocycles. The van der Waals surface area contributed by atoms with Gasteiger partial charge in [0.2, 0.25) is 17.8 Å². The number of amides is 5. The molecule has 2 fully saturated rings. The normalized spacial score (nSPS) is 20.5. The molecule has 5 amide bonds. The summed E-state index contributed by atoms with van der Waals surface area (Å²) in [4.78, 5) is 68.2. The molecule has 2 N–H and O–H groups in total. The molecule has 3 aromatic carbocycles. The summed E-state index contributed by atoms with van der Waals surface area (Å²) in [5.41, 5.74) is 0.0182. The van der Waals surface area contributed by atoms with Crippen LogP contribution in [0.3, 0.4) is 0 Å². The van der Waals surface area contributed by atoms with Gasteiger partial charge >= 0.3 is 6.18 Å². The number of piperidine rings is 1. The van der Waals surface area contributed by atoms with E-state index >= 15 is 0 Å². The zero-order valence-electron chi connectivity index (χ0n) is 28.1. The number of aromatic nitrogens is 2. The Hall–Kier alpha value is -5.64. The number of nitrogens with zero attached hydrogens (tertiary/aromatic N) is 3. The van der Waals surface area contributed by atoms with Crippen LogP contribution in [0.1, 0.15) is 81.2 Å². The van der Waals surface area contributed by atoms with Crippen LogP contribution in [0.15, 0.2) is 60.7 Å². The Bertz CT molecular complexity index is 2130. The highest BCUT2D eigenvalue weighted by atomic mass is 19.4. The fourth-order valence-corrected chi connectivity index (χ4v) is 7.12. The lowest BCUT2D eigenvalue weighted by Gasteiger charge is -2.30. The van der Waals surface area contributed by atoms with E-state index in [0.29, 0.717) is 36.2 Å². The van der Waals surface area contributed by atoms with Gasteiger partial charge in [0.15, 0.2) is 0 Å². The number of halogens is 4. The van der Waals surface area contributed by atoms with Gasteiger partial charge in [0, 0.05) is 30.7 Å². The molecule has 0 spiro atoms. The van der Waals surface area contributed by atoms with Crippen molar-refractivity contribution in [2.45, 2.75) is 56.8 Å². The molecule has 1 saturated carbocycles. The van der Waals surface area contributed by atoms with Gasteiger partial charge in [-0.2, -0.15) is 13.2 Å². The highest BCUT2D eigenvalue weighted by Crippen LogP contribution is 2.38. The molecule has 53 heavy (non-hydrogen) atoms. The molecule has 3 aliphatic rings. The molecule has 1 atom stereocenters. The number of fused-ring (bicyclic) bond motifs is 2. The number of nitrogens with one attached hydrogen (secondary N) is 2. The molecule has 3 heterocycles. The summed E-state index contributed by atoms with van der Waals surface area (Å²) < 4.78 is 67.4. The number of imidazole rings is 1. The second-order valence-electron chi connectivity index (χ2n) is 13.2. The Kier molecular flexibility index (Phi) is 9.72. The summed E-state index contributed by atoms with van der Waals surface area (Å²) in [7, 11) is 0. The fraction of sp³-hybridized carbons (Fsp3) is 0.351. The topological polar surface area (TPSA) is 149 Å². The molecule has 2 aliphatic heterocycles. The molecule has 276 valence electrons. The van der Waals surface area contributed by atoms with Crippen molar-refractivity contribution in [3.8, 4) is 5.75 Å². The van der Waals surface area contributed by atoms with E-state index in [9.17, 15) is 41.5 Å². The van der Waals surface area contributed by atoms with Crippen LogP contribution in [-0.2, 0) is 20.5 Å². The van der Waals surface area contributed by atoms with Gasteiger partial charge in [0.25, 0.3) is 17.7 Å². The fourth-order valence-electron chi connectivity index (χ4n) is 7.12. The Morgan fingerprint density at radius 3 is 2.43 bits per heavy atom. The summed E-state index contributed by atoms with van der Waals surface area (Å²) in [6.07, 6.45) is -1.65. The number of carbonyl (C=O) groups is 5. The summed E-state index contributed by atoms with van der Waals surface area (Å²) >= 11 is 0. The first-order valence-corrected chi connectivity index (χ1v) is 17.1. The first-order valence-electron chi connectivity index (χ1n) is 17.1. The van der Waals surface area contributed by atoms with Crippen molar-refractivity contribution in [3.05, 3.63) is 88.7 Å². The van der Waals surface area contributed by atoms with Gasteiger partial charge in [-0.1, -0.05) is 6.07 Å². The SMILES string of the molecule is O=C1CCC(N2C(=O)c3ccc(OCCOCC4CCC(n5c(NC(=O)c6cccc(C(F)(F)F)c6)nc6cc(F)ccc65)CC4)cc3C2=O)C(=O)N1. The van der Waals surface area contributed by atoms with E-state index in [1.54, 1.807) is 12.1 Å². The number of hydrogen-bond acceptors (Lipinski definition) is 8. The van der Waals surface area contributed by atoms with Gasteiger partial charge in [0.05, 0.1) is 34.3 Å². The molecule has 12 nitrogen and oxygen atoms in total. The molecular formula is C37H33F4N5O7. The van der Waals surface area contributed by atoms with Crippen LogP contribution in [0.5, 0.6) is 5.75 Å². The zero-order valence-corrected chi connectivity index (χ0v) is 28.1. The van der Waals surface area contributed by atoms with Gasteiger partial charge in [0.1, 0.15) is 24.2 Å². The minimum absolute atomic E-state index is 0.0272. The standard InChI is InChI=1S/C37H33F4N5O7/c38-23-6-11-29-28(17-23)42-36(44-32(48)21-2-1-3-22(16-21)37(39,40)41)45(29)24-7-4-20(5-8-24)19-52-14-15-53-25-9-10-26-27(18-25)35(51)46(34(26)50)30-12-13-31(47)43-33(30)49/h1-3,6,9-11,16-18,20,24,30H,4-5,7-8,12-15,19H2,(H,42,44,48)(H,43,47,49). The van der Waals surface area contributed by atoms with E-state index in [2.05, 4.69) is 15.6 Å². The maximum atomic E-state index is 14.1. The van der Waals surface area contributed by atoms with Gasteiger partial charge in [-0.15, -0.1) is 0 Å². The van der Waals surface area contributed by atoms with Crippen molar-refractivity contribution in [3.63, 3.8) is 0 Å². The molecule has 0 bridgehead atoms. The molecule has 1 saturated heterocycles. The minimum Gasteiger partial charge on any atom is -0.491 e. The first-order chi connectivity index (χ1) is 25.4. The van der Waals surface area contributed by atoms with E-state index in [-0.39, 0.29) is 60.7 Å². The van der Waals surface area contributed by atoms with E-state index in [4.69, 9.17) is 9.47 Å². The number of alkyl halides is 3. The number of benzene rings is 3. The van der Waals surface area contributed by atoms with E-state index < -0.39 is 53.1 Å². The number of imide groups is 2. The van der Waals surface area contributed by atoms with Crippen molar-refractivity contribution in [1.29, 1.82) is 0 Å². The van der Waals surface area contributed by atoms with Crippen molar-refractivity contribution < 1.29 is 51.0 Å².